The summed E-state index contributed by atoms with van der Waals surface area (Å²) < 4.78 is 16.7. The average Bonchev–Trinajstić information content (AvgIpc) is 3.37. The molecule has 1 atom stereocenters. The first-order valence-corrected chi connectivity index (χ1v) is 28.7. The maximum atomic E-state index is 12.8. The standard InChI is InChI=1S/C65H104O6/c1-4-7-10-13-16-18-20-22-24-26-28-29-30-31-32-33-34-35-36-37-38-40-41-43-45-47-49-52-55-58-64(67)70-61-62(60-69-63(66)57-54-51-15-12-9-6-3)71-65(68)59-56-53-50-48-46-44-42-39-27-25-23-21-19-17-14-11-8-5-2/h7,10,16,18-19,21-22,24-25,27-29,31-32,34-35,37-38,41,43,47,49,62H,4-6,8-9,11-15,17,20,23,26,30,33,36,39-40,42,44-46,48,50-61H2,1-3H3/b10-7-,18-16-,21-19-,24-22-,27-25-,29-28-,32-31-,35-34-,38-37-,43-41-,49-47-. The maximum absolute atomic E-state index is 12.8. The minimum Gasteiger partial charge on any atom is -0.462 e. The van der Waals surface area contributed by atoms with E-state index in [0.717, 1.165) is 116 Å². The fourth-order valence-corrected chi connectivity index (χ4v) is 7.35. The van der Waals surface area contributed by atoms with Gasteiger partial charge in [-0.25, -0.2) is 0 Å². The second kappa shape index (κ2) is 58.1. The predicted octanol–water partition coefficient (Wildman–Crippen LogP) is 19.4. The molecule has 0 aliphatic carbocycles. The van der Waals surface area contributed by atoms with Gasteiger partial charge in [-0.1, -0.05) is 238 Å². The number of hydrogen-bond acceptors (Lipinski definition) is 6. The van der Waals surface area contributed by atoms with Crippen LogP contribution in [0.3, 0.4) is 0 Å². The molecule has 0 aliphatic rings. The Hall–Kier alpha value is -4.45. The summed E-state index contributed by atoms with van der Waals surface area (Å²) in [4.78, 5) is 37.8. The second-order valence-electron chi connectivity index (χ2n) is 18.5. The summed E-state index contributed by atoms with van der Waals surface area (Å²) in [6.45, 7) is 6.38. The van der Waals surface area contributed by atoms with E-state index in [0.29, 0.717) is 19.3 Å². The van der Waals surface area contributed by atoms with Gasteiger partial charge in [-0.2, -0.15) is 0 Å². The van der Waals surface area contributed by atoms with Gasteiger partial charge >= 0.3 is 17.9 Å². The van der Waals surface area contributed by atoms with E-state index in [2.05, 4.69) is 154 Å². The monoisotopic (exact) mass is 981 g/mol. The number of carbonyl (C=O) groups excluding carboxylic acids is 3. The molecular weight excluding hydrogens is 877 g/mol. The van der Waals surface area contributed by atoms with Crippen LogP contribution in [0.15, 0.2) is 134 Å². The molecule has 0 fully saturated rings. The van der Waals surface area contributed by atoms with Crippen LogP contribution in [0, 0.1) is 0 Å². The Kier molecular flexibility index (Phi) is 54.5. The van der Waals surface area contributed by atoms with Crippen LogP contribution in [0.5, 0.6) is 0 Å². The Balaban J connectivity index is 4.30. The quantitative estimate of drug-likeness (QED) is 0.0262. The number of esters is 3. The molecule has 0 aromatic heterocycles. The summed E-state index contributed by atoms with van der Waals surface area (Å²) in [5, 5.41) is 0. The minimum absolute atomic E-state index is 0.103. The highest BCUT2D eigenvalue weighted by Crippen LogP contribution is 2.13. The van der Waals surface area contributed by atoms with Crippen molar-refractivity contribution in [2.24, 2.45) is 0 Å². The first-order valence-electron chi connectivity index (χ1n) is 28.7. The van der Waals surface area contributed by atoms with Crippen molar-refractivity contribution >= 4 is 17.9 Å². The minimum atomic E-state index is -0.807. The molecule has 0 aromatic rings. The Morgan fingerprint density at radius 1 is 0.296 bits per heavy atom. The van der Waals surface area contributed by atoms with E-state index < -0.39 is 6.10 Å². The van der Waals surface area contributed by atoms with Crippen LogP contribution < -0.4 is 0 Å². The van der Waals surface area contributed by atoms with Gasteiger partial charge in [0.1, 0.15) is 13.2 Å². The van der Waals surface area contributed by atoms with Crippen LogP contribution in [0.25, 0.3) is 0 Å². The number of rotatable bonds is 50. The third-order valence-electron chi connectivity index (χ3n) is 11.6. The van der Waals surface area contributed by atoms with E-state index in [-0.39, 0.29) is 37.5 Å². The first kappa shape index (κ1) is 66.6. The molecule has 0 spiro atoms. The number of hydrogen-bond donors (Lipinski definition) is 0. The fourth-order valence-electron chi connectivity index (χ4n) is 7.35. The molecule has 0 N–H and O–H groups in total. The first-order chi connectivity index (χ1) is 35.0. The van der Waals surface area contributed by atoms with E-state index in [4.69, 9.17) is 14.2 Å². The molecule has 400 valence electrons. The van der Waals surface area contributed by atoms with Gasteiger partial charge in [0.2, 0.25) is 0 Å². The number of allylic oxidation sites excluding steroid dienone is 22. The van der Waals surface area contributed by atoms with Gasteiger partial charge in [0.25, 0.3) is 0 Å². The van der Waals surface area contributed by atoms with E-state index in [9.17, 15) is 14.4 Å². The Morgan fingerprint density at radius 2 is 0.563 bits per heavy atom. The highest BCUT2D eigenvalue weighted by molar-refractivity contribution is 5.71. The van der Waals surface area contributed by atoms with Gasteiger partial charge in [0, 0.05) is 19.3 Å². The third kappa shape index (κ3) is 56.3. The van der Waals surface area contributed by atoms with Gasteiger partial charge in [-0.15, -0.1) is 0 Å². The predicted molar refractivity (Wildman–Crippen MR) is 306 cm³/mol. The normalized spacial score (nSPS) is 13.1. The molecule has 6 nitrogen and oxygen atoms in total. The van der Waals surface area contributed by atoms with E-state index in [1.165, 1.54) is 77.0 Å². The summed E-state index contributed by atoms with van der Waals surface area (Å²) in [7, 11) is 0. The van der Waals surface area contributed by atoms with Crippen LogP contribution >= 0.6 is 0 Å². The van der Waals surface area contributed by atoms with Crippen molar-refractivity contribution in [2.75, 3.05) is 13.2 Å². The van der Waals surface area contributed by atoms with Crippen LogP contribution in [-0.4, -0.2) is 37.2 Å². The van der Waals surface area contributed by atoms with Gasteiger partial charge in [-0.05, 0) is 116 Å². The summed E-state index contributed by atoms with van der Waals surface area (Å²) in [5.74, 6) is -0.989. The molecule has 71 heavy (non-hydrogen) atoms. The van der Waals surface area contributed by atoms with Gasteiger partial charge < -0.3 is 14.2 Å². The fraction of sp³-hybridized carbons (Fsp3) is 0.615. The Labute approximate surface area is 436 Å². The van der Waals surface area contributed by atoms with Crippen molar-refractivity contribution in [3.05, 3.63) is 134 Å². The molecule has 1 unspecified atom stereocenters. The number of carbonyl (C=O) groups is 3. The molecule has 0 rings (SSSR count). The van der Waals surface area contributed by atoms with Crippen LogP contribution in [0.4, 0.5) is 0 Å². The topological polar surface area (TPSA) is 78.9 Å². The lowest BCUT2D eigenvalue weighted by Gasteiger charge is -2.18. The zero-order chi connectivity index (χ0) is 51.4. The summed E-state index contributed by atoms with van der Waals surface area (Å²) >= 11 is 0. The van der Waals surface area contributed by atoms with Crippen molar-refractivity contribution in [3.8, 4) is 0 Å². The third-order valence-corrected chi connectivity index (χ3v) is 11.6. The maximum Gasteiger partial charge on any atom is 0.306 e. The second-order valence-corrected chi connectivity index (χ2v) is 18.5. The molecule has 6 heteroatoms. The number of ether oxygens (including phenoxy) is 3. The van der Waals surface area contributed by atoms with Crippen LogP contribution in [0.2, 0.25) is 0 Å². The largest absolute Gasteiger partial charge is 0.462 e. The lowest BCUT2D eigenvalue weighted by molar-refractivity contribution is -0.167. The van der Waals surface area contributed by atoms with Crippen molar-refractivity contribution in [1.82, 2.24) is 0 Å². The SMILES string of the molecule is CC/C=C\C/C=C\C/C=C\C/C=C\C/C=C\C/C=C\C/C=C\C/C=C\C/C=C\CCCC(=O)OCC(COC(=O)CCCCCCCC)OC(=O)CCCCCCCCC/C=C\C/C=C\CCCCCC. The zero-order valence-corrected chi connectivity index (χ0v) is 45.7. The smallest absolute Gasteiger partial charge is 0.306 e. The lowest BCUT2D eigenvalue weighted by Crippen LogP contribution is -2.30. The van der Waals surface area contributed by atoms with Gasteiger partial charge in [0.05, 0.1) is 0 Å². The highest BCUT2D eigenvalue weighted by atomic mass is 16.6. The summed E-state index contributed by atoms with van der Waals surface area (Å²) in [6, 6.07) is 0. The molecule has 0 aromatic carbocycles. The van der Waals surface area contributed by atoms with Crippen molar-refractivity contribution in [3.63, 3.8) is 0 Å². The average molecular weight is 982 g/mol. The summed E-state index contributed by atoms with van der Waals surface area (Å²) in [5.41, 5.74) is 0. The zero-order valence-electron chi connectivity index (χ0n) is 45.7. The molecule has 0 aliphatic heterocycles. The number of unbranched alkanes of at least 4 members (excludes halogenated alkanes) is 17. The highest BCUT2D eigenvalue weighted by Gasteiger charge is 2.19. The van der Waals surface area contributed by atoms with Gasteiger partial charge in [0.15, 0.2) is 6.10 Å². The van der Waals surface area contributed by atoms with E-state index >= 15 is 0 Å². The molecule has 0 saturated heterocycles. The molecule has 0 bridgehead atoms. The molecule has 0 amide bonds. The Bertz CT molecular complexity index is 1550. The summed E-state index contributed by atoms with van der Waals surface area (Å²) in [6.07, 6.45) is 81.9. The van der Waals surface area contributed by atoms with Crippen molar-refractivity contribution < 1.29 is 28.6 Å². The Morgan fingerprint density at radius 3 is 0.930 bits per heavy atom. The molecular formula is C65H104O6. The lowest BCUT2D eigenvalue weighted by atomic mass is 10.1. The van der Waals surface area contributed by atoms with Gasteiger partial charge in [-0.3, -0.25) is 14.4 Å². The van der Waals surface area contributed by atoms with Crippen LogP contribution in [-0.2, 0) is 28.6 Å². The molecule has 0 heterocycles. The van der Waals surface area contributed by atoms with Crippen molar-refractivity contribution in [1.29, 1.82) is 0 Å². The van der Waals surface area contributed by atoms with Crippen molar-refractivity contribution in [2.45, 2.75) is 245 Å². The van der Waals surface area contributed by atoms with Crippen LogP contribution in [0.1, 0.15) is 239 Å². The van der Waals surface area contributed by atoms with E-state index in [1.54, 1.807) is 0 Å². The molecule has 0 radical (unpaired) electrons. The molecule has 0 saturated carbocycles. The van der Waals surface area contributed by atoms with E-state index in [1.807, 2.05) is 0 Å².